The third kappa shape index (κ3) is 3.51. The lowest BCUT2D eigenvalue weighted by Gasteiger charge is -2.30. The summed E-state index contributed by atoms with van der Waals surface area (Å²) in [4.78, 5) is 28.2. The summed E-state index contributed by atoms with van der Waals surface area (Å²) in [6, 6.07) is 11.4. The molecule has 0 unspecified atom stereocenters. The summed E-state index contributed by atoms with van der Waals surface area (Å²) in [5.74, 6) is -0.0472. The molecule has 1 N–H and O–H groups in total. The second kappa shape index (κ2) is 7.62. The average molecular weight is 342 g/mol. The topological polar surface area (TPSA) is 49.4 Å². The number of fused-ring (bicyclic) bond motifs is 1. The molecule has 24 heavy (non-hydrogen) atoms. The van der Waals surface area contributed by atoms with E-state index in [0.717, 1.165) is 29.0 Å². The Labute approximate surface area is 146 Å². The van der Waals surface area contributed by atoms with Gasteiger partial charge in [0, 0.05) is 17.0 Å². The molecule has 0 fully saturated rings. The number of carbonyl (C=O) groups excluding carboxylic acids is 2. The van der Waals surface area contributed by atoms with Gasteiger partial charge < -0.3 is 5.32 Å². The molecule has 0 aliphatic carbocycles. The molecule has 2 amide bonds. The molecule has 1 aliphatic rings. The van der Waals surface area contributed by atoms with Crippen LogP contribution in [0, 0.1) is 0 Å². The van der Waals surface area contributed by atoms with Gasteiger partial charge in [0.25, 0.3) is 0 Å². The molecular weight excluding hydrogens is 320 g/mol. The van der Waals surface area contributed by atoms with Gasteiger partial charge in [0.05, 0.1) is 6.54 Å². The van der Waals surface area contributed by atoms with Crippen molar-refractivity contribution in [2.24, 2.45) is 0 Å². The SMILES string of the molecule is CC[C@@H](C(=O)NCc1cccs1)N1C(=O)CCCc2ccccc21. The summed E-state index contributed by atoms with van der Waals surface area (Å²) in [6.07, 6.45) is 2.80. The largest absolute Gasteiger partial charge is 0.349 e. The Bertz CT molecular complexity index is 712. The van der Waals surface area contributed by atoms with Gasteiger partial charge in [-0.1, -0.05) is 31.2 Å². The number of nitrogens with zero attached hydrogens (tertiary/aromatic N) is 1. The van der Waals surface area contributed by atoms with E-state index in [1.54, 1.807) is 16.2 Å². The van der Waals surface area contributed by atoms with Crippen LogP contribution in [-0.4, -0.2) is 17.9 Å². The summed E-state index contributed by atoms with van der Waals surface area (Å²) in [5.41, 5.74) is 2.03. The molecular formula is C19H22N2O2S. The molecule has 0 bridgehead atoms. The standard InChI is InChI=1S/C19H22N2O2S/c1-2-16(19(23)20-13-15-9-6-12-24-15)21-17-10-4-3-7-14(17)8-5-11-18(21)22/h3-4,6-7,9-10,12,16H,2,5,8,11,13H2,1H3,(H,20,23)/t16-/m0/s1. The van der Waals surface area contributed by atoms with Crippen LogP contribution in [0.5, 0.6) is 0 Å². The number of para-hydroxylation sites is 1. The molecule has 1 aromatic heterocycles. The lowest BCUT2D eigenvalue weighted by Crippen LogP contribution is -2.49. The Morgan fingerprint density at radius 3 is 2.83 bits per heavy atom. The first-order valence-electron chi connectivity index (χ1n) is 8.40. The molecule has 126 valence electrons. The van der Waals surface area contributed by atoms with E-state index in [9.17, 15) is 9.59 Å². The summed E-state index contributed by atoms with van der Waals surface area (Å²) in [7, 11) is 0. The zero-order chi connectivity index (χ0) is 16.9. The summed E-state index contributed by atoms with van der Waals surface area (Å²) < 4.78 is 0. The number of aryl methyl sites for hydroxylation is 1. The normalized spacial score (nSPS) is 15.5. The third-order valence-corrected chi connectivity index (χ3v) is 5.25. The van der Waals surface area contributed by atoms with Crippen LogP contribution in [0.15, 0.2) is 41.8 Å². The van der Waals surface area contributed by atoms with E-state index >= 15 is 0 Å². The van der Waals surface area contributed by atoms with Crippen LogP contribution < -0.4 is 10.2 Å². The minimum atomic E-state index is -0.461. The predicted octanol–water partition coefficient (Wildman–Crippen LogP) is 3.51. The van der Waals surface area contributed by atoms with Crippen molar-refractivity contribution >= 4 is 28.8 Å². The average Bonchev–Trinajstić information content (AvgIpc) is 3.06. The highest BCUT2D eigenvalue weighted by molar-refractivity contribution is 7.09. The van der Waals surface area contributed by atoms with Crippen LogP contribution in [0.1, 0.15) is 36.6 Å². The molecule has 3 rings (SSSR count). The highest BCUT2D eigenvalue weighted by atomic mass is 32.1. The predicted molar refractivity (Wildman–Crippen MR) is 97.1 cm³/mol. The van der Waals surface area contributed by atoms with Crippen molar-refractivity contribution in [3.8, 4) is 0 Å². The Hall–Kier alpha value is -2.14. The Morgan fingerprint density at radius 1 is 1.25 bits per heavy atom. The number of carbonyl (C=O) groups is 2. The maximum Gasteiger partial charge on any atom is 0.243 e. The van der Waals surface area contributed by atoms with Gasteiger partial charge in [0.1, 0.15) is 6.04 Å². The third-order valence-electron chi connectivity index (χ3n) is 4.37. The molecule has 1 atom stereocenters. The molecule has 5 heteroatoms. The number of nitrogens with one attached hydrogen (secondary N) is 1. The minimum absolute atomic E-state index is 0.0399. The van der Waals surface area contributed by atoms with Gasteiger partial charge in [-0.25, -0.2) is 0 Å². The number of anilines is 1. The number of hydrogen-bond acceptors (Lipinski definition) is 3. The van der Waals surface area contributed by atoms with Gasteiger partial charge >= 0.3 is 0 Å². The number of thiophene rings is 1. The molecule has 0 spiro atoms. The fourth-order valence-corrected chi connectivity index (χ4v) is 3.82. The maximum absolute atomic E-state index is 12.7. The van der Waals surface area contributed by atoms with E-state index in [1.165, 1.54) is 0 Å². The summed E-state index contributed by atoms with van der Waals surface area (Å²) in [6.45, 7) is 2.47. The van der Waals surface area contributed by atoms with E-state index < -0.39 is 6.04 Å². The van der Waals surface area contributed by atoms with Crippen LogP contribution in [-0.2, 0) is 22.6 Å². The van der Waals surface area contributed by atoms with Crippen molar-refractivity contribution in [3.05, 3.63) is 52.2 Å². The molecule has 4 nitrogen and oxygen atoms in total. The summed E-state index contributed by atoms with van der Waals surface area (Å²) in [5, 5.41) is 4.98. The quantitative estimate of drug-likeness (QED) is 0.904. The van der Waals surface area contributed by atoms with E-state index in [-0.39, 0.29) is 11.8 Å². The van der Waals surface area contributed by atoms with E-state index in [2.05, 4.69) is 11.4 Å². The van der Waals surface area contributed by atoms with Gasteiger partial charge in [0.2, 0.25) is 11.8 Å². The van der Waals surface area contributed by atoms with Crippen LogP contribution in [0.25, 0.3) is 0 Å². The van der Waals surface area contributed by atoms with Gasteiger partial charge in [-0.3, -0.25) is 14.5 Å². The zero-order valence-electron chi connectivity index (χ0n) is 13.8. The van der Waals surface area contributed by atoms with E-state index in [0.29, 0.717) is 19.4 Å². The minimum Gasteiger partial charge on any atom is -0.349 e. The van der Waals surface area contributed by atoms with Gasteiger partial charge in [-0.05, 0) is 42.3 Å². The van der Waals surface area contributed by atoms with Crippen molar-refractivity contribution in [1.29, 1.82) is 0 Å². The molecule has 0 radical (unpaired) electrons. The number of rotatable bonds is 5. The lowest BCUT2D eigenvalue weighted by molar-refractivity contribution is -0.126. The molecule has 0 saturated heterocycles. The maximum atomic E-state index is 12.7. The van der Waals surface area contributed by atoms with Crippen LogP contribution in [0.2, 0.25) is 0 Å². The first-order chi connectivity index (χ1) is 11.7. The molecule has 1 aliphatic heterocycles. The van der Waals surface area contributed by atoms with Crippen LogP contribution >= 0.6 is 11.3 Å². The first-order valence-corrected chi connectivity index (χ1v) is 9.28. The summed E-state index contributed by atoms with van der Waals surface area (Å²) >= 11 is 1.62. The number of benzene rings is 1. The Kier molecular flexibility index (Phi) is 5.30. The number of hydrogen-bond donors (Lipinski definition) is 1. The molecule has 2 heterocycles. The molecule has 2 aromatic rings. The molecule has 0 saturated carbocycles. The van der Waals surface area contributed by atoms with Gasteiger partial charge in [0.15, 0.2) is 0 Å². The van der Waals surface area contributed by atoms with Crippen molar-refractivity contribution in [1.82, 2.24) is 5.32 Å². The van der Waals surface area contributed by atoms with Gasteiger partial charge in [-0.15, -0.1) is 11.3 Å². The van der Waals surface area contributed by atoms with Crippen LogP contribution in [0.3, 0.4) is 0 Å². The second-order valence-electron chi connectivity index (χ2n) is 5.97. The molecule has 1 aromatic carbocycles. The first kappa shape index (κ1) is 16.7. The highest BCUT2D eigenvalue weighted by Gasteiger charge is 2.32. The Morgan fingerprint density at radius 2 is 2.08 bits per heavy atom. The smallest absolute Gasteiger partial charge is 0.243 e. The van der Waals surface area contributed by atoms with E-state index in [4.69, 9.17) is 0 Å². The van der Waals surface area contributed by atoms with Crippen molar-refractivity contribution in [3.63, 3.8) is 0 Å². The highest BCUT2D eigenvalue weighted by Crippen LogP contribution is 2.29. The van der Waals surface area contributed by atoms with E-state index in [1.807, 2.05) is 42.6 Å². The van der Waals surface area contributed by atoms with Gasteiger partial charge in [-0.2, -0.15) is 0 Å². The van der Waals surface area contributed by atoms with Crippen molar-refractivity contribution < 1.29 is 9.59 Å². The van der Waals surface area contributed by atoms with Crippen molar-refractivity contribution in [2.45, 2.75) is 45.2 Å². The Balaban J connectivity index is 1.82. The fraction of sp³-hybridized carbons (Fsp3) is 0.368. The zero-order valence-corrected chi connectivity index (χ0v) is 14.6. The fourth-order valence-electron chi connectivity index (χ4n) is 3.17. The second-order valence-corrected chi connectivity index (χ2v) is 7.00. The van der Waals surface area contributed by atoms with Crippen molar-refractivity contribution in [2.75, 3.05) is 4.90 Å². The van der Waals surface area contributed by atoms with Crippen LogP contribution in [0.4, 0.5) is 5.69 Å². The monoisotopic (exact) mass is 342 g/mol. The number of amides is 2. The lowest BCUT2D eigenvalue weighted by atomic mass is 10.1.